The second-order valence-corrected chi connectivity index (χ2v) is 3.26. The number of ether oxygens (including phenoxy) is 3. The highest BCUT2D eigenvalue weighted by atomic mass is 16.5. The fourth-order valence-electron chi connectivity index (χ4n) is 1.30. The van der Waals surface area contributed by atoms with Crippen LogP contribution in [0.2, 0.25) is 0 Å². The SMILES string of the molecule is CCOc1cc(CN)ccc1OCCOC. The number of benzene rings is 1. The van der Waals surface area contributed by atoms with Crippen molar-refractivity contribution in [2.24, 2.45) is 5.73 Å². The molecule has 1 aromatic carbocycles. The third-order valence-corrected chi connectivity index (χ3v) is 2.09. The Morgan fingerprint density at radius 1 is 1.12 bits per heavy atom. The molecule has 0 unspecified atom stereocenters. The summed E-state index contributed by atoms with van der Waals surface area (Å²) in [5.41, 5.74) is 6.60. The highest BCUT2D eigenvalue weighted by Crippen LogP contribution is 2.28. The third kappa shape index (κ3) is 3.72. The molecule has 0 aliphatic heterocycles. The zero-order valence-corrected chi connectivity index (χ0v) is 9.86. The Hall–Kier alpha value is -1.26. The molecule has 2 N–H and O–H groups in total. The fourth-order valence-corrected chi connectivity index (χ4v) is 1.30. The Bertz CT molecular complexity index is 315. The van der Waals surface area contributed by atoms with Gasteiger partial charge in [-0.2, -0.15) is 0 Å². The lowest BCUT2D eigenvalue weighted by Gasteiger charge is -2.12. The van der Waals surface area contributed by atoms with Crippen LogP contribution in [-0.4, -0.2) is 26.9 Å². The van der Waals surface area contributed by atoms with E-state index in [1.54, 1.807) is 7.11 Å². The maximum absolute atomic E-state index is 5.57. The molecular formula is C12H19NO3. The van der Waals surface area contributed by atoms with Gasteiger partial charge in [0.05, 0.1) is 13.2 Å². The van der Waals surface area contributed by atoms with Crippen LogP contribution >= 0.6 is 0 Å². The minimum absolute atomic E-state index is 0.498. The summed E-state index contributed by atoms with van der Waals surface area (Å²) in [6.07, 6.45) is 0. The molecule has 0 bridgehead atoms. The van der Waals surface area contributed by atoms with Gasteiger partial charge in [0.1, 0.15) is 6.61 Å². The summed E-state index contributed by atoms with van der Waals surface area (Å²) in [5, 5.41) is 0. The van der Waals surface area contributed by atoms with Gasteiger partial charge < -0.3 is 19.9 Å². The van der Waals surface area contributed by atoms with Crippen LogP contribution in [0.5, 0.6) is 11.5 Å². The molecule has 0 aliphatic carbocycles. The molecule has 4 nitrogen and oxygen atoms in total. The van der Waals surface area contributed by atoms with Crippen LogP contribution in [0.4, 0.5) is 0 Å². The van der Waals surface area contributed by atoms with Gasteiger partial charge in [-0.15, -0.1) is 0 Å². The summed E-state index contributed by atoms with van der Waals surface area (Å²) in [6.45, 7) is 4.11. The molecule has 1 aromatic rings. The molecule has 4 heteroatoms. The van der Waals surface area contributed by atoms with Crippen LogP contribution in [-0.2, 0) is 11.3 Å². The quantitative estimate of drug-likeness (QED) is 0.716. The number of hydrogen-bond acceptors (Lipinski definition) is 4. The smallest absolute Gasteiger partial charge is 0.161 e. The second-order valence-electron chi connectivity index (χ2n) is 3.26. The highest BCUT2D eigenvalue weighted by Gasteiger charge is 2.05. The van der Waals surface area contributed by atoms with Gasteiger partial charge in [0.15, 0.2) is 11.5 Å². The van der Waals surface area contributed by atoms with Crippen molar-refractivity contribution in [3.05, 3.63) is 23.8 Å². The average Bonchev–Trinajstić information content (AvgIpc) is 2.31. The van der Waals surface area contributed by atoms with Gasteiger partial charge in [-0.05, 0) is 24.6 Å². The highest BCUT2D eigenvalue weighted by molar-refractivity contribution is 5.43. The largest absolute Gasteiger partial charge is 0.490 e. The Morgan fingerprint density at radius 2 is 1.94 bits per heavy atom. The van der Waals surface area contributed by atoms with Crippen LogP contribution in [0.3, 0.4) is 0 Å². The monoisotopic (exact) mass is 225 g/mol. The molecule has 0 fully saturated rings. The molecule has 90 valence electrons. The van der Waals surface area contributed by atoms with E-state index in [0.29, 0.717) is 26.4 Å². The molecule has 0 aromatic heterocycles. The predicted octanol–water partition coefficient (Wildman–Crippen LogP) is 1.57. The summed E-state index contributed by atoms with van der Waals surface area (Å²) < 4.78 is 16.0. The average molecular weight is 225 g/mol. The Morgan fingerprint density at radius 3 is 2.56 bits per heavy atom. The van der Waals surface area contributed by atoms with E-state index in [9.17, 15) is 0 Å². The van der Waals surface area contributed by atoms with E-state index in [2.05, 4.69) is 0 Å². The van der Waals surface area contributed by atoms with E-state index in [1.165, 1.54) is 0 Å². The topological polar surface area (TPSA) is 53.7 Å². The zero-order chi connectivity index (χ0) is 11.8. The van der Waals surface area contributed by atoms with E-state index in [1.807, 2.05) is 25.1 Å². The van der Waals surface area contributed by atoms with Crippen LogP contribution in [0, 0.1) is 0 Å². The lowest BCUT2D eigenvalue weighted by molar-refractivity contribution is 0.143. The number of methoxy groups -OCH3 is 1. The van der Waals surface area contributed by atoms with E-state index < -0.39 is 0 Å². The predicted molar refractivity (Wildman–Crippen MR) is 62.9 cm³/mol. The minimum atomic E-state index is 0.498. The normalized spacial score (nSPS) is 10.2. The number of nitrogens with two attached hydrogens (primary N) is 1. The first-order valence-electron chi connectivity index (χ1n) is 5.39. The molecule has 0 radical (unpaired) electrons. The first-order valence-corrected chi connectivity index (χ1v) is 5.39. The maximum atomic E-state index is 5.57. The van der Waals surface area contributed by atoms with Crippen molar-refractivity contribution < 1.29 is 14.2 Å². The third-order valence-electron chi connectivity index (χ3n) is 2.09. The van der Waals surface area contributed by atoms with Crippen molar-refractivity contribution in [2.45, 2.75) is 13.5 Å². The Kier molecular flexibility index (Phi) is 5.67. The summed E-state index contributed by atoms with van der Waals surface area (Å²) in [5.74, 6) is 1.47. The second kappa shape index (κ2) is 7.09. The molecule has 0 spiro atoms. The van der Waals surface area contributed by atoms with E-state index in [0.717, 1.165) is 17.1 Å². The van der Waals surface area contributed by atoms with E-state index in [-0.39, 0.29) is 0 Å². The summed E-state index contributed by atoms with van der Waals surface area (Å²) in [6, 6.07) is 5.72. The summed E-state index contributed by atoms with van der Waals surface area (Å²) in [7, 11) is 1.64. The molecule has 1 rings (SSSR count). The molecule has 16 heavy (non-hydrogen) atoms. The van der Waals surface area contributed by atoms with Crippen LogP contribution in [0.1, 0.15) is 12.5 Å². The lowest BCUT2D eigenvalue weighted by atomic mass is 10.2. The van der Waals surface area contributed by atoms with Gasteiger partial charge in [0.25, 0.3) is 0 Å². The standard InChI is InChI=1S/C12H19NO3/c1-3-15-12-8-10(9-13)4-5-11(12)16-7-6-14-2/h4-5,8H,3,6-7,9,13H2,1-2H3. The van der Waals surface area contributed by atoms with Gasteiger partial charge in [0.2, 0.25) is 0 Å². The minimum Gasteiger partial charge on any atom is -0.490 e. The molecular weight excluding hydrogens is 206 g/mol. The van der Waals surface area contributed by atoms with Gasteiger partial charge in [0, 0.05) is 13.7 Å². The number of rotatable bonds is 7. The van der Waals surface area contributed by atoms with Crippen molar-refractivity contribution in [3.8, 4) is 11.5 Å². The van der Waals surface area contributed by atoms with Gasteiger partial charge in [-0.3, -0.25) is 0 Å². The Balaban J connectivity index is 2.72. The van der Waals surface area contributed by atoms with Crippen LogP contribution in [0.15, 0.2) is 18.2 Å². The Labute approximate surface area is 96.3 Å². The van der Waals surface area contributed by atoms with Crippen molar-refractivity contribution in [2.75, 3.05) is 26.9 Å². The molecule has 0 heterocycles. The van der Waals surface area contributed by atoms with Crippen molar-refractivity contribution in [1.29, 1.82) is 0 Å². The molecule has 0 saturated heterocycles. The molecule has 0 aliphatic rings. The van der Waals surface area contributed by atoms with E-state index in [4.69, 9.17) is 19.9 Å². The van der Waals surface area contributed by atoms with Gasteiger partial charge >= 0.3 is 0 Å². The maximum Gasteiger partial charge on any atom is 0.161 e. The van der Waals surface area contributed by atoms with E-state index >= 15 is 0 Å². The number of hydrogen-bond donors (Lipinski definition) is 1. The molecule has 0 amide bonds. The zero-order valence-electron chi connectivity index (χ0n) is 9.86. The molecule has 0 atom stereocenters. The first-order chi connectivity index (χ1) is 7.81. The van der Waals surface area contributed by atoms with Crippen LogP contribution < -0.4 is 15.2 Å². The van der Waals surface area contributed by atoms with Crippen molar-refractivity contribution >= 4 is 0 Å². The fraction of sp³-hybridized carbons (Fsp3) is 0.500. The lowest BCUT2D eigenvalue weighted by Crippen LogP contribution is -2.06. The summed E-state index contributed by atoms with van der Waals surface area (Å²) >= 11 is 0. The van der Waals surface area contributed by atoms with Gasteiger partial charge in [-0.1, -0.05) is 6.07 Å². The summed E-state index contributed by atoms with van der Waals surface area (Å²) in [4.78, 5) is 0. The van der Waals surface area contributed by atoms with Gasteiger partial charge in [-0.25, -0.2) is 0 Å². The first kappa shape index (κ1) is 12.8. The van der Waals surface area contributed by atoms with Crippen molar-refractivity contribution in [1.82, 2.24) is 0 Å². The molecule has 0 saturated carbocycles. The van der Waals surface area contributed by atoms with Crippen molar-refractivity contribution in [3.63, 3.8) is 0 Å². The van der Waals surface area contributed by atoms with Crippen LogP contribution in [0.25, 0.3) is 0 Å².